The Hall–Kier alpha value is -2.58. The van der Waals surface area contributed by atoms with Gasteiger partial charge in [0.05, 0.1) is 6.61 Å². The molecule has 134 valence electrons. The molecule has 0 aromatic heterocycles. The van der Waals surface area contributed by atoms with E-state index in [2.05, 4.69) is 15.9 Å². The van der Waals surface area contributed by atoms with Gasteiger partial charge in [-0.25, -0.2) is 4.79 Å². The minimum atomic E-state index is -0.609. The summed E-state index contributed by atoms with van der Waals surface area (Å²) in [6.45, 7) is 6.30. The Bertz CT molecular complexity index is 864. The number of halogens is 1. The molecule has 0 bridgehead atoms. The highest BCUT2D eigenvalue weighted by Crippen LogP contribution is 2.22. The van der Waals surface area contributed by atoms with Crippen LogP contribution in [-0.4, -0.2) is 12.6 Å². The number of rotatable bonds is 6. The summed E-state index contributed by atoms with van der Waals surface area (Å²) in [5.41, 5.74) is 3.84. The van der Waals surface area contributed by atoms with Gasteiger partial charge in [0, 0.05) is 4.47 Å². The predicted molar refractivity (Wildman–Crippen MR) is 105 cm³/mol. The zero-order valence-electron chi connectivity index (χ0n) is 15.0. The summed E-state index contributed by atoms with van der Waals surface area (Å²) in [4.78, 5) is 11.8. The average molecular weight is 414 g/mol. The Morgan fingerprint density at radius 1 is 1.19 bits per heavy atom. The van der Waals surface area contributed by atoms with Crippen LogP contribution in [0, 0.1) is 25.2 Å². The fourth-order valence-corrected chi connectivity index (χ4v) is 2.68. The lowest BCUT2D eigenvalue weighted by Crippen LogP contribution is -2.06. The molecule has 4 nitrogen and oxygen atoms in total. The molecule has 0 N–H and O–H groups in total. The van der Waals surface area contributed by atoms with E-state index in [1.165, 1.54) is 0 Å². The van der Waals surface area contributed by atoms with E-state index in [0.717, 1.165) is 32.5 Å². The molecule has 0 fully saturated rings. The van der Waals surface area contributed by atoms with Gasteiger partial charge < -0.3 is 9.47 Å². The van der Waals surface area contributed by atoms with Crippen molar-refractivity contribution in [2.75, 3.05) is 6.61 Å². The average Bonchev–Trinajstić information content (AvgIpc) is 2.61. The van der Waals surface area contributed by atoms with Crippen molar-refractivity contribution in [1.29, 1.82) is 5.26 Å². The second kappa shape index (κ2) is 9.21. The van der Waals surface area contributed by atoms with Crippen molar-refractivity contribution in [3.8, 4) is 11.8 Å². The first-order chi connectivity index (χ1) is 12.4. The Morgan fingerprint density at radius 3 is 2.50 bits per heavy atom. The topological polar surface area (TPSA) is 59.3 Å². The Morgan fingerprint density at radius 2 is 1.88 bits per heavy atom. The first kappa shape index (κ1) is 19.7. The van der Waals surface area contributed by atoms with Crippen molar-refractivity contribution in [1.82, 2.24) is 0 Å². The number of ether oxygens (including phenoxy) is 2. The minimum absolute atomic E-state index is 0.0152. The number of aryl methyl sites for hydroxylation is 2. The van der Waals surface area contributed by atoms with Gasteiger partial charge in [-0.3, -0.25) is 0 Å². The van der Waals surface area contributed by atoms with E-state index in [4.69, 9.17) is 9.47 Å². The number of esters is 1. The third-order valence-corrected chi connectivity index (χ3v) is 4.38. The van der Waals surface area contributed by atoms with Gasteiger partial charge in [-0.2, -0.15) is 5.26 Å². The summed E-state index contributed by atoms with van der Waals surface area (Å²) in [6.07, 6.45) is 1.57. The van der Waals surface area contributed by atoms with E-state index < -0.39 is 5.97 Å². The van der Waals surface area contributed by atoms with Crippen LogP contribution in [0.2, 0.25) is 0 Å². The van der Waals surface area contributed by atoms with E-state index in [9.17, 15) is 10.1 Å². The monoisotopic (exact) mass is 413 g/mol. The second-order valence-corrected chi connectivity index (χ2v) is 6.68. The standard InChI is InChI=1S/C21H20BrNO3/c1-4-25-21(24)17(12-23)10-16-11-18(15(3)9-14(16)2)13-26-20-7-5-19(22)6-8-20/h5-11H,4,13H2,1-3H3/b17-10+. The zero-order valence-corrected chi connectivity index (χ0v) is 16.6. The van der Waals surface area contributed by atoms with E-state index in [-0.39, 0.29) is 12.2 Å². The van der Waals surface area contributed by atoms with Crippen LogP contribution in [0.5, 0.6) is 5.75 Å². The maximum Gasteiger partial charge on any atom is 0.348 e. The summed E-state index contributed by atoms with van der Waals surface area (Å²) in [5.74, 6) is 0.164. The summed E-state index contributed by atoms with van der Waals surface area (Å²) >= 11 is 3.40. The molecule has 0 radical (unpaired) electrons. The number of nitriles is 1. The molecule has 0 heterocycles. The molecule has 0 saturated carbocycles. The van der Waals surface area contributed by atoms with Gasteiger partial charge in [-0.15, -0.1) is 0 Å². The second-order valence-electron chi connectivity index (χ2n) is 5.77. The molecule has 26 heavy (non-hydrogen) atoms. The first-order valence-electron chi connectivity index (χ1n) is 8.22. The van der Waals surface area contributed by atoms with E-state index >= 15 is 0 Å². The number of carbonyl (C=O) groups is 1. The summed E-state index contributed by atoms with van der Waals surface area (Å²) in [7, 11) is 0. The number of carbonyl (C=O) groups excluding carboxylic acids is 1. The van der Waals surface area contributed by atoms with Gasteiger partial charge in [-0.1, -0.05) is 22.0 Å². The number of hydrogen-bond donors (Lipinski definition) is 0. The van der Waals surface area contributed by atoms with Crippen LogP contribution in [-0.2, 0) is 16.1 Å². The molecule has 0 aliphatic rings. The molecular weight excluding hydrogens is 394 g/mol. The van der Waals surface area contributed by atoms with E-state index in [1.54, 1.807) is 13.0 Å². The molecule has 0 saturated heterocycles. The van der Waals surface area contributed by atoms with Gasteiger partial charge >= 0.3 is 5.97 Å². The first-order valence-corrected chi connectivity index (χ1v) is 9.01. The molecule has 0 spiro atoms. The SMILES string of the molecule is CCOC(=O)/C(C#N)=C/c1cc(COc2ccc(Br)cc2)c(C)cc1C. The Kier molecular flexibility index (Phi) is 6.99. The third kappa shape index (κ3) is 5.21. The number of hydrogen-bond acceptors (Lipinski definition) is 4. The largest absolute Gasteiger partial charge is 0.489 e. The molecule has 0 atom stereocenters. The molecule has 5 heteroatoms. The van der Waals surface area contributed by atoms with Crippen molar-refractivity contribution >= 4 is 28.0 Å². The summed E-state index contributed by atoms with van der Waals surface area (Å²) < 4.78 is 11.8. The zero-order chi connectivity index (χ0) is 19.1. The van der Waals surface area contributed by atoms with Crippen molar-refractivity contribution < 1.29 is 14.3 Å². The molecule has 2 rings (SSSR count). The molecule has 0 aliphatic heterocycles. The normalized spacial score (nSPS) is 11.0. The molecule has 2 aromatic carbocycles. The summed E-state index contributed by atoms with van der Waals surface area (Å²) in [5, 5.41) is 9.23. The van der Waals surface area contributed by atoms with Crippen molar-refractivity contribution in [3.05, 3.63) is 68.7 Å². The molecular formula is C21H20BrNO3. The van der Waals surface area contributed by atoms with Crippen LogP contribution in [0.1, 0.15) is 29.2 Å². The van der Waals surface area contributed by atoms with Crippen LogP contribution < -0.4 is 4.74 Å². The Balaban J connectivity index is 2.26. The number of nitrogens with zero attached hydrogens (tertiary/aromatic N) is 1. The lowest BCUT2D eigenvalue weighted by Gasteiger charge is -2.12. The van der Waals surface area contributed by atoms with Crippen LogP contribution in [0.25, 0.3) is 6.08 Å². The quantitative estimate of drug-likeness (QED) is 0.374. The lowest BCUT2D eigenvalue weighted by atomic mass is 9.98. The van der Waals surface area contributed by atoms with Crippen LogP contribution in [0.15, 0.2) is 46.4 Å². The predicted octanol–water partition coefficient (Wildman–Crippen LogP) is 5.12. The van der Waals surface area contributed by atoms with Gasteiger partial charge in [0.25, 0.3) is 0 Å². The highest BCUT2D eigenvalue weighted by Gasteiger charge is 2.12. The van der Waals surface area contributed by atoms with Gasteiger partial charge in [0.1, 0.15) is 24.0 Å². The smallest absolute Gasteiger partial charge is 0.348 e. The van der Waals surface area contributed by atoms with Crippen molar-refractivity contribution in [2.45, 2.75) is 27.4 Å². The summed E-state index contributed by atoms with van der Waals surface area (Å²) in [6, 6.07) is 13.5. The Labute approximate surface area is 162 Å². The highest BCUT2D eigenvalue weighted by molar-refractivity contribution is 9.10. The number of benzene rings is 2. The third-order valence-electron chi connectivity index (χ3n) is 3.85. The molecule has 0 amide bonds. The van der Waals surface area contributed by atoms with Crippen LogP contribution in [0.4, 0.5) is 0 Å². The fourth-order valence-electron chi connectivity index (χ4n) is 2.42. The van der Waals surface area contributed by atoms with Gasteiger partial charge in [0.15, 0.2) is 0 Å². The van der Waals surface area contributed by atoms with Crippen molar-refractivity contribution in [3.63, 3.8) is 0 Å². The van der Waals surface area contributed by atoms with E-state index in [1.807, 2.05) is 56.3 Å². The molecule has 0 aliphatic carbocycles. The lowest BCUT2D eigenvalue weighted by molar-refractivity contribution is -0.137. The highest BCUT2D eigenvalue weighted by atomic mass is 79.9. The maximum absolute atomic E-state index is 11.8. The molecule has 0 unspecified atom stereocenters. The minimum Gasteiger partial charge on any atom is -0.489 e. The van der Waals surface area contributed by atoms with Crippen molar-refractivity contribution in [2.24, 2.45) is 0 Å². The molecule has 2 aromatic rings. The van der Waals surface area contributed by atoms with Crippen LogP contribution >= 0.6 is 15.9 Å². The van der Waals surface area contributed by atoms with Crippen LogP contribution in [0.3, 0.4) is 0 Å². The fraction of sp³-hybridized carbons (Fsp3) is 0.238. The van der Waals surface area contributed by atoms with E-state index in [0.29, 0.717) is 6.61 Å². The van der Waals surface area contributed by atoms with Gasteiger partial charge in [0.2, 0.25) is 0 Å². The maximum atomic E-state index is 11.8. The van der Waals surface area contributed by atoms with Gasteiger partial charge in [-0.05, 0) is 79.4 Å².